The molecule has 0 saturated carbocycles. The molecule has 140 valence electrons. The summed E-state index contributed by atoms with van der Waals surface area (Å²) in [6.45, 7) is 5.69. The summed E-state index contributed by atoms with van der Waals surface area (Å²) in [5.41, 5.74) is 2.35. The number of rotatable bonds is 9. The maximum absolute atomic E-state index is 12.4. The molecule has 5 nitrogen and oxygen atoms in total. The predicted molar refractivity (Wildman–Crippen MR) is 106 cm³/mol. The molecule has 0 radical (unpaired) electrons. The van der Waals surface area contributed by atoms with Crippen LogP contribution < -0.4 is 5.32 Å². The van der Waals surface area contributed by atoms with E-state index in [9.17, 15) is 9.59 Å². The molecule has 1 amide bonds. The predicted octanol–water partition coefficient (Wildman–Crippen LogP) is 4.21. The number of nitrogens with zero attached hydrogens (tertiary/aromatic N) is 1. The molecule has 1 aromatic heterocycles. The second-order valence-corrected chi connectivity index (χ2v) is 8.11. The molecule has 2 rings (SSSR count). The van der Waals surface area contributed by atoms with E-state index >= 15 is 0 Å². The van der Waals surface area contributed by atoms with Crippen LogP contribution in [0.4, 0.5) is 0 Å². The molecule has 0 fully saturated rings. The topological polar surface area (TPSA) is 68.3 Å². The number of thiazole rings is 1. The minimum atomic E-state index is -0.477. The Hall–Kier alpha value is -1.86. The van der Waals surface area contributed by atoms with Crippen molar-refractivity contribution in [1.82, 2.24) is 10.3 Å². The van der Waals surface area contributed by atoms with Gasteiger partial charge in [-0.15, -0.1) is 11.3 Å². The molecule has 0 saturated heterocycles. The summed E-state index contributed by atoms with van der Waals surface area (Å²) in [4.78, 5) is 28.6. The molecule has 1 aromatic carbocycles. The molecular formula is C19H24N2O3S2. The van der Waals surface area contributed by atoms with Crippen molar-refractivity contribution in [3.63, 3.8) is 0 Å². The average molecular weight is 393 g/mol. The monoisotopic (exact) mass is 392 g/mol. The first kappa shape index (κ1) is 20.5. The van der Waals surface area contributed by atoms with Gasteiger partial charge in [-0.3, -0.25) is 4.79 Å². The first-order chi connectivity index (χ1) is 12.5. The van der Waals surface area contributed by atoms with E-state index in [1.165, 1.54) is 0 Å². The van der Waals surface area contributed by atoms with Gasteiger partial charge in [0.15, 0.2) is 6.61 Å². The van der Waals surface area contributed by atoms with Crippen molar-refractivity contribution in [2.45, 2.75) is 49.7 Å². The molecule has 7 heteroatoms. The smallest absolute Gasteiger partial charge is 0.338 e. The minimum absolute atomic E-state index is 0.0802. The third-order valence-electron chi connectivity index (χ3n) is 3.65. The molecule has 1 atom stereocenters. The zero-order valence-corrected chi connectivity index (χ0v) is 16.9. The zero-order valence-electron chi connectivity index (χ0n) is 15.3. The number of hydrogen-bond acceptors (Lipinski definition) is 6. The molecule has 1 N–H and O–H groups in total. The summed E-state index contributed by atoms with van der Waals surface area (Å²) < 4.78 is 6.16. The Morgan fingerprint density at radius 1 is 1.35 bits per heavy atom. The molecular weight excluding hydrogens is 368 g/mol. The Labute approximate surface area is 162 Å². The normalized spacial score (nSPS) is 11.8. The molecule has 0 aliphatic rings. The summed E-state index contributed by atoms with van der Waals surface area (Å²) in [5, 5.41) is 4.82. The van der Waals surface area contributed by atoms with Crippen molar-refractivity contribution in [2.75, 3.05) is 6.61 Å². The van der Waals surface area contributed by atoms with E-state index in [1.807, 2.05) is 31.4 Å². The molecule has 26 heavy (non-hydrogen) atoms. The van der Waals surface area contributed by atoms with Crippen LogP contribution in [0.3, 0.4) is 0 Å². The van der Waals surface area contributed by atoms with Crippen LogP contribution in [0.5, 0.6) is 0 Å². The van der Waals surface area contributed by atoms with E-state index in [4.69, 9.17) is 4.74 Å². The summed E-state index contributed by atoms with van der Waals surface area (Å²) >= 11 is 3.17. The van der Waals surface area contributed by atoms with Gasteiger partial charge in [-0.25, -0.2) is 9.78 Å². The first-order valence-corrected chi connectivity index (χ1v) is 10.5. The summed E-state index contributed by atoms with van der Waals surface area (Å²) in [7, 11) is 0. The highest BCUT2D eigenvalue weighted by molar-refractivity contribution is 8.00. The lowest BCUT2D eigenvalue weighted by Crippen LogP contribution is -2.35. The fourth-order valence-corrected chi connectivity index (χ4v) is 4.27. The van der Waals surface area contributed by atoms with Crippen molar-refractivity contribution in [1.29, 1.82) is 0 Å². The fourth-order valence-electron chi connectivity index (χ4n) is 2.41. The number of esters is 1. The average Bonchev–Trinajstić information content (AvgIpc) is 3.03. The SMILES string of the molecule is CCC[C@H](C)NC(=O)COC(=O)c1ccccc1CSc1nc(C)cs1. The van der Waals surface area contributed by atoms with Crippen LogP contribution in [-0.4, -0.2) is 29.5 Å². The molecule has 0 aliphatic heterocycles. The van der Waals surface area contributed by atoms with Crippen molar-refractivity contribution < 1.29 is 14.3 Å². The zero-order chi connectivity index (χ0) is 18.9. The van der Waals surface area contributed by atoms with Crippen LogP contribution >= 0.6 is 23.1 Å². The summed E-state index contributed by atoms with van der Waals surface area (Å²) in [6.07, 6.45) is 1.89. The molecule has 0 unspecified atom stereocenters. The lowest BCUT2D eigenvalue weighted by molar-refractivity contribution is -0.124. The van der Waals surface area contributed by atoms with E-state index in [2.05, 4.69) is 17.2 Å². The molecule has 0 spiro atoms. The van der Waals surface area contributed by atoms with Gasteiger partial charge in [-0.2, -0.15) is 0 Å². The second kappa shape index (κ2) is 10.3. The van der Waals surface area contributed by atoms with Gasteiger partial charge in [0.1, 0.15) is 4.34 Å². The van der Waals surface area contributed by atoms with Crippen LogP contribution in [0.15, 0.2) is 34.0 Å². The highest BCUT2D eigenvalue weighted by Gasteiger charge is 2.15. The number of thioether (sulfide) groups is 1. The molecule has 1 heterocycles. The Kier molecular flexibility index (Phi) is 8.12. The largest absolute Gasteiger partial charge is 0.452 e. The number of carbonyl (C=O) groups excluding carboxylic acids is 2. The van der Waals surface area contributed by atoms with Crippen LogP contribution in [0.1, 0.15) is 48.3 Å². The van der Waals surface area contributed by atoms with Gasteiger partial charge in [0.2, 0.25) is 0 Å². The maximum Gasteiger partial charge on any atom is 0.338 e. The van der Waals surface area contributed by atoms with Crippen LogP contribution in [0, 0.1) is 6.92 Å². The lowest BCUT2D eigenvalue weighted by Gasteiger charge is -2.13. The van der Waals surface area contributed by atoms with Gasteiger partial charge in [-0.1, -0.05) is 43.3 Å². The highest BCUT2D eigenvalue weighted by Crippen LogP contribution is 2.27. The van der Waals surface area contributed by atoms with Crippen LogP contribution in [0.25, 0.3) is 0 Å². The number of aryl methyl sites for hydroxylation is 1. The van der Waals surface area contributed by atoms with Crippen molar-refractivity contribution in [3.8, 4) is 0 Å². The van der Waals surface area contributed by atoms with Gasteiger partial charge in [-0.05, 0) is 31.9 Å². The Morgan fingerprint density at radius 2 is 2.12 bits per heavy atom. The number of aromatic nitrogens is 1. The second-order valence-electron chi connectivity index (χ2n) is 6.03. The van der Waals surface area contributed by atoms with Gasteiger partial charge in [0.25, 0.3) is 5.91 Å². The van der Waals surface area contributed by atoms with Crippen LogP contribution in [0.2, 0.25) is 0 Å². The highest BCUT2D eigenvalue weighted by atomic mass is 32.2. The maximum atomic E-state index is 12.4. The lowest BCUT2D eigenvalue weighted by atomic mass is 10.1. The summed E-state index contributed by atoms with van der Waals surface area (Å²) in [5.74, 6) is -0.128. The van der Waals surface area contributed by atoms with E-state index in [-0.39, 0.29) is 18.6 Å². The molecule has 0 bridgehead atoms. The number of nitrogens with one attached hydrogen (secondary N) is 1. The molecule has 0 aliphatic carbocycles. The van der Waals surface area contributed by atoms with E-state index in [0.717, 1.165) is 28.4 Å². The number of hydrogen-bond donors (Lipinski definition) is 1. The van der Waals surface area contributed by atoms with Crippen LogP contribution in [-0.2, 0) is 15.3 Å². The number of carbonyl (C=O) groups is 2. The van der Waals surface area contributed by atoms with Gasteiger partial charge in [0, 0.05) is 22.9 Å². The van der Waals surface area contributed by atoms with E-state index in [0.29, 0.717) is 11.3 Å². The Balaban J connectivity index is 1.91. The van der Waals surface area contributed by atoms with Gasteiger partial charge < -0.3 is 10.1 Å². The standard InChI is InChI=1S/C19H24N2O3S2/c1-4-7-13(2)20-17(22)10-24-18(23)16-9-6-5-8-15(16)12-26-19-21-14(3)11-25-19/h5-6,8-9,11,13H,4,7,10,12H2,1-3H3,(H,20,22)/t13-/m0/s1. The van der Waals surface area contributed by atoms with E-state index in [1.54, 1.807) is 35.2 Å². The summed E-state index contributed by atoms with van der Waals surface area (Å²) in [6, 6.07) is 7.38. The number of ether oxygens (including phenoxy) is 1. The molecule has 2 aromatic rings. The third-order valence-corrected chi connectivity index (χ3v) is 5.84. The number of amides is 1. The Bertz CT molecular complexity index is 746. The quantitative estimate of drug-likeness (QED) is 0.511. The van der Waals surface area contributed by atoms with Crippen molar-refractivity contribution in [3.05, 3.63) is 46.5 Å². The Morgan fingerprint density at radius 3 is 2.81 bits per heavy atom. The van der Waals surface area contributed by atoms with Gasteiger partial charge >= 0.3 is 5.97 Å². The van der Waals surface area contributed by atoms with Crippen molar-refractivity contribution in [2.24, 2.45) is 0 Å². The minimum Gasteiger partial charge on any atom is -0.452 e. The van der Waals surface area contributed by atoms with E-state index < -0.39 is 5.97 Å². The third kappa shape index (κ3) is 6.46. The first-order valence-electron chi connectivity index (χ1n) is 8.59. The van der Waals surface area contributed by atoms with Gasteiger partial charge in [0.05, 0.1) is 5.56 Å². The fraction of sp³-hybridized carbons (Fsp3) is 0.421. The van der Waals surface area contributed by atoms with Crippen molar-refractivity contribution >= 4 is 35.0 Å². The number of benzene rings is 1.